The maximum atomic E-state index is 13.4. The molecular weight excluding hydrogens is 420 g/mol. The van der Waals surface area contributed by atoms with E-state index in [1.54, 1.807) is 25.3 Å². The molecule has 2 N–H and O–H groups in total. The summed E-state index contributed by atoms with van der Waals surface area (Å²) in [6.07, 6.45) is 0.523. The molecule has 0 bridgehead atoms. The number of thiophene rings is 1. The minimum atomic E-state index is -1.08. The predicted octanol–water partition coefficient (Wildman–Crippen LogP) is 2.86. The Bertz CT molecular complexity index is 1100. The van der Waals surface area contributed by atoms with Crippen molar-refractivity contribution in [3.05, 3.63) is 31.3 Å². The van der Waals surface area contributed by atoms with Crippen LogP contribution in [-0.4, -0.2) is 44.1 Å². The molecule has 0 aliphatic heterocycles. The van der Waals surface area contributed by atoms with Gasteiger partial charge in [0.2, 0.25) is 0 Å². The second kappa shape index (κ2) is 8.40. The Balaban J connectivity index is 2.10. The number of carboxylic acid groups (broad SMARTS) is 1. The van der Waals surface area contributed by atoms with Crippen LogP contribution in [0.2, 0.25) is 0 Å². The summed E-state index contributed by atoms with van der Waals surface area (Å²) in [5, 5.41) is 11.2. The van der Waals surface area contributed by atoms with Crippen LogP contribution >= 0.6 is 11.3 Å². The van der Waals surface area contributed by atoms with Gasteiger partial charge in [-0.05, 0) is 59.9 Å². The highest BCUT2D eigenvalue weighted by molar-refractivity contribution is 7.18. The Morgan fingerprint density at radius 2 is 1.97 bits per heavy atom. The van der Waals surface area contributed by atoms with Crippen molar-refractivity contribution >= 4 is 27.6 Å². The lowest BCUT2D eigenvalue weighted by Crippen LogP contribution is -2.52. The Labute approximate surface area is 185 Å². The van der Waals surface area contributed by atoms with Crippen LogP contribution in [0.15, 0.2) is 9.59 Å². The molecule has 2 aromatic heterocycles. The van der Waals surface area contributed by atoms with Crippen molar-refractivity contribution < 1.29 is 14.6 Å². The second-order valence-electron chi connectivity index (χ2n) is 9.22. The van der Waals surface area contributed by atoms with Crippen LogP contribution < -0.4 is 16.7 Å². The standard InChI is InChI=1S/C21H32N4O5S/c1-7-30-11-10-23-17-15(16(26)24(18(23)27)21(6)8-9-21)13(2)14(31-17)12-22-25(19(28)29)20(3,4)5/h22H,7-12H2,1-6H3,(H,28,29). The van der Waals surface area contributed by atoms with E-state index in [9.17, 15) is 19.5 Å². The average Bonchev–Trinajstić information content (AvgIpc) is 3.30. The smallest absolute Gasteiger partial charge is 0.422 e. The summed E-state index contributed by atoms with van der Waals surface area (Å²) in [5.74, 6) is 0. The third kappa shape index (κ3) is 4.42. The lowest BCUT2D eigenvalue weighted by atomic mass is 10.1. The monoisotopic (exact) mass is 452 g/mol. The number of ether oxygens (including phenoxy) is 1. The Kier molecular flexibility index (Phi) is 6.37. The van der Waals surface area contributed by atoms with E-state index in [0.717, 1.165) is 28.3 Å². The molecule has 172 valence electrons. The SMILES string of the molecule is CCOCCn1c(=O)n(C2(C)CC2)c(=O)c2c(C)c(CNN(C(=O)O)C(C)(C)C)sc21. The molecule has 1 amide bonds. The summed E-state index contributed by atoms with van der Waals surface area (Å²) in [5.41, 5.74) is 2.10. The van der Waals surface area contributed by atoms with Gasteiger partial charge < -0.3 is 9.84 Å². The van der Waals surface area contributed by atoms with Crippen molar-refractivity contribution in [1.29, 1.82) is 0 Å². The fourth-order valence-electron chi connectivity index (χ4n) is 3.68. The number of aromatic nitrogens is 2. The van der Waals surface area contributed by atoms with Crippen molar-refractivity contribution in [1.82, 2.24) is 19.6 Å². The van der Waals surface area contributed by atoms with Crippen molar-refractivity contribution in [3.8, 4) is 0 Å². The van der Waals surface area contributed by atoms with Crippen molar-refractivity contribution in [2.75, 3.05) is 13.2 Å². The van der Waals surface area contributed by atoms with Crippen LogP contribution in [0, 0.1) is 6.92 Å². The zero-order valence-electron chi connectivity index (χ0n) is 19.1. The molecule has 0 radical (unpaired) electrons. The van der Waals surface area contributed by atoms with Crippen LogP contribution in [-0.2, 0) is 23.4 Å². The molecule has 10 heteroatoms. The molecule has 1 fully saturated rings. The van der Waals surface area contributed by atoms with Crippen LogP contribution in [0.4, 0.5) is 4.79 Å². The number of carbonyl (C=O) groups is 1. The van der Waals surface area contributed by atoms with Crippen LogP contribution in [0.5, 0.6) is 0 Å². The van der Waals surface area contributed by atoms with Crippen LogP contribution in [0.1, 0.15) is 57.9 Å². The molecule has 2 aromatic rings. The topological polar surface area (TPSA) is 106 Å². The van der Waals surface area contributed by atoms with E-state index in [1.165, 1.54) is 15.9 Å². The van der Waals surface area contributed by atoms with E-state index in [2.05, 4.69) is 5.43 Å². The number of nitrogens with zero attached hydrogens (tertiary/aromatic N) is 3. The van der Waals surface area contributed by atoms with Gasteiger partial charge >= 0.3 is 11.8 Å². The van der Waals surface area contributed by atoms with E-state index >= 15 is 0 Å². The molecule has 2 heterocycles. The minimum absolute atomic E-state index is 0.241. The second-order valence-corrected chi connectivity index (χ2v) is 10.3. The van der Waals surface area contributed by atoms with E-state index < -0.39 is 17.2 Å². The third-order valence-electron chi connectivity index (χ3n) is 5.75. The lowest BCUT2D eigenvalue weighted by Gasteiger charge is -2.33. The third-order valence-corrected chi connectivity index (χ3v) is 7.06. The van der Waals surface area contributed by atoms with E-state index in [4.69, 9.17) is 4.74 Å². The molecule has 0 saturated heterocycles. The number of hydrogen-bond acceptors (Lipinski definition) is 6. The van der Waals surface area contributed by atoms with Gasteiger partial charge in [-0.1, -0.05) is 0 Å². The first-order valence-electron chi connectivity index (χ1n) is 10.5. The van der Waals surface area contributed by atoms with E-state index in [0.29, 0.717) is 30.0 Å². The number of aryl methyl sites for hydroxylation is 1. The van der Waals surface area contributed by atoms with Gasteiger partial charge in [-0.25, -0.2) is 20.0 Å². The minimum Gasteiger partial charge on any atom is -0.464 e. The fourth-order valence-corrected chi connectivity index (χ4v) is 4.93. The largest absolute Gasteiger partial charge is 0.464 e. The summed E-state index contributed by atoms with van der Waals surface area (Å²) >= 11 is 1.35. The Morgan fingerprint density at radius 1 is 1.32 bits per heavy atom. The van der Waals surface area contributed by atoms with Gasteiger partial charge in [-0.15, -0.1) is 11.3 Å². The number of rotatable bonds is 8. The van der Waals surface area contributed by atoms with Gasteiger partial charge in [0, 0.05) is 11.5 Å². The molecular formula is C21H32N4O5S. The molecule has 0 atom stereocenters. The Hall–Kier alpha value is -2.17. The molecule has 0 aromatic carbocycles. The number of hydrogen-bond donors (Lipinski definition) is 2. The summed E-state index contributed by atoms with van der Waals surface area (Å²) in [4.78, 5) is 39.7. The van der Waals surface area contributed by atoms with Crippen molar-refractivity contribution in [3.63, 3.8) is 0 Å². The zero-order valence-corrected chi connectivity index (χ0v) is 19.9. The molecule has 31 heavy (non-hydrogen) atoms. The quantitative estimate of drug-likeness (QED) is 0.471. The highest BCUT2D eigenvalue weighted by Gasteiger charge is 2.43. The molecule has 3 rings (SSSR count). The lowest BCUT2D eigenvalue weighted by molar-refractivity contribution is 0.0626. The van der Waals surface area contributed by atoms with Crippen molar-refractivity contribution in [2.45, 2.75) is 78.6 Å². The van der Waals surface area contributed by atoms with Gasteiger partial charge in [0.1, 0.15) is 4.83 Å². The number of fused-ring (bicyclic) bond motifs is 1. The first-order valence-corrected chi connectivity index (χ1v) is 11.4. The fraction of sp³-hybridized carbons (Fsp3) is 0.667. The van der Waals surface area contributed by atoms with E-state index in [1.807, 2.05) is 20.8 Å². The molecule has 0 spiro atoms. The summed E-state index contributed by atoms with van der Waals surface area (Å²) < 4.78 is 8.50. The van der Waals surface area contributed by atoms with Gasteiger partial charge in [0.25, 0.3) is 5.56 Å². The molecule has 1 aliphatic carbocycles. The highest BCUT2D eigenvalue weighted by Crippen LogP contribution is 2.41. The van der Waals surface area contributed by atoms with Gasteiger partial charge in [0.15, 0.2) is 0 Å². The van der Waals surface area contributed by atoms with Crippen LogP contribution in [0.25, 0.3) is 10.2 Å². The first kappa shape index (κ1) is 23.5. The predicted molar refractivity (Wildman–Crippen MR) is 121 cm³/mol. The normalized spacial score (nSPS) is 15.4. The number of nitrogens with one attached hydrogen (secondary N) is 1. The van der Waals surface area contributed by atoms with Gasteiger partial charge in [-0.3, -0.25) is 13.9 Å². The zero-order chi connectivity index (χ0) is 23.1. The first-order chi connectivity index (χ1) is 14.4. The van der Waals surface area contributed by atoms with Crippen LogP contribution in [0.3, 0.4) is 0 Å². The highest BCUT2D eigenvalue weighted by atomic mass is 32.1. The molecule has 0 unspecified atom stereocenters. The molecule has 1 saturated carbocycles. The molecule has 9 nitrogen and oxygen atoms in total. The van der Waals surface area contributed by atoms with Gasteiger partial charge in [-0.2, -0.15) is 0 Å². The Morgan fingerprint density at radius 3 is 2.48 bits per heavy atom. The number of hydrazine groups is 1. The van der Waals surface area contributed by atoms with Crippen molar-refractivity contribution in [2.24, 2.45) is 0 Å². The maximum absolute atomic E-state index is 13.4. The summed E-state index contributed by atoms with van der Waals surface area (Å²) in [7, 11) is 0. The number of amides is 1. The molecule has 1 aliphatic rings. The summed E-state index contributed by atoms with van der Waals surface area (Å²) in [6.45, 7) is 12.6. The summed E-state index contributed by atoms with van der Waals surface area (Å²) in [6, 6.07) is 0. The average molecular weight is 453 g/mol. The maximum Gasteiger partial charge on any atom is 0.422 e. The van der Waals surface area contributed by atoms with Gasteiger partial charge in [0.05, 0.1) is 36.2 Å². The van der Waals surface area contributed by atoms with E-state index in [-0.39, 0.29) is 17.8 Å².